The molecule has 2 aliphatic carbocycles. The number of pyridine rings is 1. The second kappa shape index (κ2) is 11.1. The molecule has 2 aliphatic rings. The van der Waals surface area contributed by atoms with E-state index in [1.165, 1.54) is 48.8 Å². The molecule has 0 N–H and O–H groups in total. The summed E-state index contributed by atoms with van der Waals surface area (Å²) < 4.78 is 0. The molecule has 4 nitrogen and oxygen atoms in total. The van der Waals surface area contributed by atoms with Crippen molar-refractivity contribution in [3.8, 4) is 11.1 Å². The van der Waals surface area contributed by atoms with Crippen molar-refractivity contribution in [2.75, 3.05) is 14.1 Å². The third-order valence-corrected chi connectivity index (χ3v) is 8.38. The number of aromatic nitrogens is 1. The van der Waals surface area contributed by atoms with Crippen molar-refractivity contribution in [1.29, 1.82) is 0 Å². The number of aryl methyl sites for hydroxylation is 1. The fraction of sp³-hybridized carbons (Fsp3) is 0.419. The first kappa shape index (κ1) is 25.0. The SMILES string of the molecule is CN(Cc1ccc2c(c1)CCC(N(C)C(=O)c1ccc(-c3ccc(Cl)cc3)cn1)C2)C1CCCCC1. The van der Waals surface area contributed by atoms with Crippen molar-refractivity contribution >= 4 is 17.5 Å². The average Bonchev–Trinajstić information content (AvgIpc) is 2.93. The van der Waals surface area contributed by atoms with Crippen molar-refractivity contribution in [2.45, 2.75) is 70.0 Å². The van der Waals surface area contributed by atoms with E-state index in [0.29, 0.717) is 10.7 Å². The molecule has 1 heterocycles. The van der Waals surface area contributed by atoms with E-state index in [4.69, 9.17) is 11.6 Å². The molecule has 2 aromatic carbocycles. The maximum atomic E-state index is 13.2. The van der Waals surface area contributed by atoms with E-state index in [9.17, 15) is 4.79 Å². The van der Waals surface area contributed by atoms with Crippen molar-refractivity contribution in [2.24, 2.45) is 0 Å². The van der Waals surface area contributed by atoms with Crippen LogP contribution in [0.2, 0.25) is 5.02 Å². The quantitative estimate of drug-likeness (QED) is 0.373. The van der Waals surface area contributed by atoms with Gasteiger partial charge in [0.1, 0.15) is 5.69 Å². The molecule has 5 heteroatoms. The van der Waals surface area contributed by atoms with Crippen LogP contribution in [0, 0.1) is 0 Å². The Bertz CT molecular complexity index is 1190. The van der Waals surface area contributed by atoms with E-state index in [1.54, 1.807) is 6.20 Å². The number of benzene rings is 2. The highest BCUT2D eigenvalue weighted by atomic mass is 35.5. The van der Waals surface area contributed by atoms with Gasteiger partial charge in [-0.25, -0.2) is 0 Å². The maximum absolute atomic E-state index is 13.2. The molecule has 0 saturated heterocycles. The summed E-state index contributed by atoms with van der Waals surface area (Å²) in [6, 6.07) is 19.4. The lowest BCUT2D eigenvalue weighted by Crippen LogP contribution is -2.41. The number of nitrogens with zero attached hydrogens (tertiary/aromatic N) is 3. The Hall–Kier alpha value is -2.69. The van der Waals surface area contributed by atoms with Crippen LogP contribution in [-0.4, -0.2) is 46.9 Å². The number of halogens is 1. The van der Waals surface area contributed by atoms with E-state index in [1.807, 2.05) is 48.3 Å². The minimum absolute atomic E-state index is 0.0168. The van der Waals surface area contributed by atoms with Gasteiger partial charge in [-0.05, 0) is 79.6 Å². The summed E-state index contributed by atoms with van der Waals surface area (Å²) in [5, 5.41) is 0.706. The van der Waals surface area contributed by atoms with Gasteiger partial charge >= 0.3 is 0 Å². The van der Waals surface area contributed by atoms with Crippen LogP contribution in [0.3, 0.4) is 0 Å². The second-order valence-corrected chi connectivity index (χ2v) is 11.0. The van der Waals surface area contributed by atoms with Crippen LogP contribution in [-0.2, 0) is 19.4 Å². The van der Waals surface area contributed by atoms with Gasteiger partial charge in [0, 0.05) is 42.5 Å². The van der Waals surface area contributed by atoms with Gasteiger partial charge in [-0.3, -0.25) is 14.7 Å². The second-order valence-electron chi connectivity index (χ2n) is 10.6. The van der Waals surface area contributed by atoms with E-state index in [-0.39, 0.29) is 11.9 Å². The first-order valence-corrected chi connectivity index (χ1v) is 13.7. The third-order valence-electron chi connectivity index (χ3n) is 8.13. The number of amides is 1. The summed E-state index contributed by atoms with van der Waals surface area (Å²) in [6.07, 6.45) is 11.5. The molecule has 0 bridgehead atoms. The molecule has 5 rings (SSSR count). The Morgan fingerprint density at radius 1 is 0.889 bits per heavy atom. The zero-order valence-corrected chi connectivity index (χ0v) is 22.2. The first-order valence-electron chi connectivity index (χ1n) is 13.3. The zero-order chi connectivity index (χ0) is 25.1. The van der Waals surface area contributed by atoms with E-state index in [2.05, 4.69) is 35.1 Å². The molecule has 0 aliphatic heterocycles. The smallest absolute Gasteiger partial charge is 0.272 e. The van der Waals surface area contributed by atoms with Gasteiger partial charge in [0.2, 0.25) is 0 Å². The Labute approximate surface area is 220 Å². The molecule has 36 heavy (non-hydrogen) atoms. The minimum atomic E-state index is -0.0168. The van der Waals surface area contributed by atoms with E-state index >= 15 is 0 Å². The molecular formula is C31H36ClN3O. The van der Waals surface area contributed by atoms with Gasteiger partial charge in [0.15, 0.2) is 0 Å². The van der Waals surface area contributed by atoms with Crippen molar-refractivity contribution < 1.29 is 4.79 Å². The number of carbonyl (C=O) groups excluding carboxylic acids is 1. The van der Waals surface area contributed by atoms with Crippen LogP contribution in [0.4, 0.5) is 0 Å². The fourth-order valence-corrected chi connectivity index (χ4v) is 5.96. The fourth-order valence-electron chi connectivity index (χ4n) is 5.84. The van der Waals surface area contributed by atoms with Crippen LogP contribution in [0.15, 0.2) is 60.8 Å². The van der Waals surface area contributed by atoms with Gasteiger partial charge in [-0.1, -0.05) is 67.3 Å². The molecule has 1 saturated carbocycles. The number of rotatable bonds is 6. The lowest BCUT2D eigenvalue weighted by Gasteiger charge is -2.33. The summed E-state index contributed by atoms with van der Waals surface area (Å²) >= 11 is 6.00. The molecule has 0 spiro atoms. The highest BCUT2D eigenvalue weighted by Crippen LogP contribution is 2.28. The standard InChI is InChI=1S/C31H36ClN3O/c1-34(28-6-4-3-5-7-28)21-22-8-9-25-19-29(16-12-24(25)18-22)35(2)31(36)30-17-13-26(20-33-30)23-10-14-27(32)15-11-23/h8-11,13-15,17-18,20,28-29H,3-7,12,16,19,21H2,1-2H3. The minimum Gasteiger partial charge on any atom is -0.337 e. The topological polar surface area (TPSA) is 36.4 Å². The Morgan fingerprint density at radius 2 is 1.64 bits per heavy atom. The largest absolute Gasteiger partial charge is 0.337 e. The molecule has 0 radical (unpaired) electrons. The number of hydrogen-bond donors (Lipinski definition) is 0. The summed E-state index contributed by atoms with van der Waals surface area (Å²) in [7, 11) is 4.20. The predicted molar refractivity (Wildman–Crippen MR) is 147 cm³/mol. The number of carbonyl (C=O) groups is 1. The lowest BCUT2D eigenvalue weighted by atomic mass is 9.86. The summed E-state index contributed by atoms with van der Waals surface area (Å²) in [4.78, 5) is 22.1. The molecule has 1 unspecified atom stereocenters. The van der Waals surface area contributed by atoms with Crippen LogP contribution >= 0.6 is 11.6 Å². The molecule has 1 aromatic heterocycles. The molecule has 3 aromatic rings. The number of likely N-dealkylation sites (N-methyl/N-ethyl adjacent to an activating group) is 1. The van der Waals surface area contributed by atoms with Crippen molar-refractivity contribution in [1.82, 2.24) is 14.8 Å². The number of hydrogen-bond acceptors (Lipinski definition) is 3. The average molecular weight is 502 g/mol. The first-order chi connectivity index (χ1) is 17.5. The molecule has 1 amide bonds. The molecular weight excluding hydrogens is 466 g/mol. The molecule has 188 valence electrons. The van der Waals surface area contributed by atoms with Gasteiger partial charge in [-0.2, -0.15) is 0 Å². The van der Waals surface area contributed by atoms with Crippen LogP contribution in [0.1, 0.15) is 65.7 Å². The third kappa shape index (κ3) is 5.66. The van der Waals surface area contributed by atoms with Gasteiger partial charge < -0.3 is 4.90 Å². The Balaban J connectivity index is 1.21. The summed E-state index contributed by atoms with van der Waals surface area (Å²) in [5.74, 6) is -0.0168. The van der Waals surface area contributed by atoms with E-state index < -0.39 is 0 Å². The van der Waals surface area contributed by atoms with Crippen molar-refractivity contribution in [3.63, 3.8) is 0 Å². The Kier molecular flexibility index (Phi) is 7.73. The summed E-state index contributed by atoms with van der Waals surface area (Å²) in [5.41, 5.74) is 6.74. The van der Waals surface area contributed by atoms with Crippen LogP contribution < -0.4 is 0 Å². The molecule has 1 atom stereocenters. The predicted octanol–water partition coefficient (Wildman–Crippen LogP) is 6.80. The van der Waals surface area contributed by atoms with E-state index in [0.717, 1.165) is 43.0 Å². The summed E-state index contributed by atoms with van der Waals surface area (Å²) in [6.45, 7) is 1.03. The maximum Gasteiger partial charge on any atom is 0.272 e. The monoisotopic (exact) mass is 501 g/mol. The van der Waals surface area contributed by atoms with Gasteiger partial charge in [0.05, 0.1) is 0 Å². The highest BCUT2D eigenvalue weighted by molar-refractivity contribution is 6.30. The van der Waals surface area contributed by atoms with Crippen molar-refractivity contribution in [3.05, 3.63) is 88.2 Å². The van der Waals surface area contributed by atoms with Crippen LogP contribution in [0.5, 0.6) is 0 Å². The van der Waals surface area contributed by atoms with Gasteiger partial charge in [-0.15, -0.1) is 0 Å². The zero-order valence-electron chi connectivity index (χ0n) is 21.4. The van der Waals surface area contributed by atoms with Gasteiger partial charge in [0.25, 0.3) is 5.91 Å². The molecule has 1 fully saturated rings. The normalized spacial score (nSPS) is 18.2. The van der Waals surface area contributed by atoms with Crippen LogP contribution in [0.25, 0.3) is 11.1 Å². The number of fused-ring (bicyclic) bond motifs is 1. The lowest BCUT2D eigenvalue weighted by molar-refractivity contribution is 0.0713. The Morgan fingerprint density at radius 3 is 2.36 bits per heavy atom. The highest BCUT2D eigenvalue weighted by Gasteiger charge is 2.27.